The van der Waals surface area contributed by atoms with Crippen LogP contribution in [0.25, 0.3) is 0 Å². The van der Waals surface area contributed by atoms with E-state index in [9.17, 15) is 9.59 Å². The van der Waals surface area contributed by atoms with Gasteiger partial charge in [0.05, 0.1) is 13.4 Å². The van der Waals surface area contributed by atoms with Gasteiger partial charge in [0, 0.05) is 16.2 Å². The van der Waals surface area contributed by atoms with Crippen LogP contribution in [0.2, 0.25) is 0 Å². The normalized spacial score (nSPS) is 11.0. The van der Waals surface area contributed by atoms with Gasteiger partial charge in [0.1, 0.15) is 5.70 Å². The molecule has 2 aromatic rings. The smallest absolute Gasteiger partial charge is 0.354 e. The molecule has 0 aliphatic heterocycles. The lowest BCUT2D eigenvalue weighted by Gasteiger charge is -2.08. The highest BCUT2D eigenvalue weighted by molar-refractivity contribution is 9.10. The van der Waals surface area contributed by atoms with Crippen molar-refractivity contribution >= 4 is 33.4 Å². The first kappa shape index (κ1) is 15.1. The average molecular weight is 350 g/mol. The van der Waals surface area contributed by atoms with Gasteiger partial charge in [0.25, 0.3) is 0 Å². The summed E-state index contributed by atoms with van der Waals surface area (Å²) in [6.07, 6.45) is 2.54. The molecule has 108 valence electrons. The zero-order valence-corrected chi connectivity index (χ0v) is 12.7. The Balaban J connectivity index is 2.24. The predicted octanol–water partition coefficient (Wildman–Crippen LogP) is 3.39. The topological polar surface area (TPSA) is 68.5 Å². The van der Waals surface area contributed by atoms with E-state index in [1.54, 1.807) is 18.2 Å². The van der Waals surface area contributed by atoms with Gasteiger partial charge in [-0.05, 0) is 36.4 Å². The molecule has 0 saturated carbocycles. The van der Waals surface area contributed by atoms with Crippen LogP contribution in [0.15, 0.2) is 63.3 Å². The summed E-state index contributed by atoms with van der Waals surface area (Å²) in [6.45, 7) is 0. The average Bonchev–Trinajstić information content (AvgIpc) is 3.02. The molecular weight excluding hydrogens is 338 g/mol. The molecule has 1 N–H and O–H groups in total. The summed E-state index contributed by atoms with van der Waals surface area (Å²) in [6, 6.07) is 10.3. The zero-order valence-electron chi connectivity index (χ0n) is 11.1. The van der Waals surface area contributed by atoms with E-state index in [4.69, 9.17) is 4.42 Å². The second-order valence-electron chi connectivity index (χ2n) is 4.02. The van der Waals surface area contributed by atoms with E-state index in [1.165, 1.54) is 19.4 Å². The van der Waals surface area contributed by atoms with E-state index in [0.717, 1.165) is 10.5 Å². The number of ketones is 1. The lowest BCUT2D eigenvalue weighted by Crippen LogP contribution is -2.15. The molecule has 21 heavy (non-hydrogen) atoms. The second kappa shape index (κ2) is 6.90. The molecule has 0 fully saturated rings. The molecule has 0 saturated heterocycles. The SMILES string of the molecule is COC(=O)C(=CC(=O)c1ccco1)Nc1ccc(Br)cc1. The molecular formula is C15H12BrNO4. The largest absolute Gasteiger partial charge is 0.464 e. The van der Waals surface area contributed by atoms with Crippen LogP contribution in [0, 0.1) is 0 Å². The third-order valence-electron chi connectivity index (χ3n) is 2.57. The van der Waals surface area contributed by atoms with Gasteiger partial charge in [-0.25, -0.2) is 4.79 Å². The quantitative estimate of drug-likeness (QED) is 0.509. The summed E-state index contributed by atoms with van der Waals surface area (Å²) in [5, 5.41) is 2.85. The molecule has 0 aliphatic carbocycles. The van der Waals surface area contributed by atoms with E-state index < -0.39 is 11.8 Å². The Morgan fingerprint density at radius 3 is 2.52 bits per heavy atom. The molecule has 0 spiro atoms. The Morgan fingerprint density at radius 1 is 1.24 bits per heavy atom. The number of hydrogen-bond acceptors (Lipinski definition) is 5. The highest BCUT2D eigenvalue weighted by Gasteiger charge is 2.14. The molecule has 0 atom stereocenters. The summed E-state index contributed by atoms with van der Waals surface area (Å²) >= 11 is 3.32. The summed E-state index contributed by atoms with van der Waals surface area (Å²) in [5.41, 5.74) is 0.684. The molecule has 0 radical (unpaired) electrons. The summed E-state index contributed by atoms with van der Waals surface area (Å²) < 4.78 is 10.6. The number of esters is 1. The maximum absolute atomic E-state index is 12.0. The van der Waals surface area contributed by atoms with Crippen molar-refractivity contribution in [3.8, 4) is 0 Å². The molecule has 0 amide bonds. The Hall–Kier alpha value is -2.34. The molecule has 1 aromatic carbocycles. The fourth-order valence-corrected chi connectivity index (χ4v) is 1.83. The van der Waals surface area contributed by atoms with Crippen molar-refractivity contribution in [2.45, 2.75) is 0 Å². The minimum absolute atomic E-state index is 0.0289. The molecule has 1 aromatic heterocycles. The van der Waals surface area contributed by atoms with Crippen LogP contribution < -0.4 is 5.32 Å². The Labute approximate surface area is 129 Å². The van der Waals surface area contributed by atoms with Gasteiger partial charge in [0.2, 0.25) is 5.78 Å². The van der Waals surface area contributed by atoms with Gasteiger partial charge >= 0.3 is 5.97 Å². The highest BCUT2D eigenvalue weighted by atomic mass is 79.9. The van der Waals surface area contributed by atoms with E-state index in [-0.39, 0.29) is 11.5 Å². The van der Waals surface area contributed by atoms with Crippen molar-refractivity contribution in [3.05, 3.63) is 64.7 Å². The Morgan fingerprint density at radius 2 is 1.95 bits per heavy atom. The van der Waals surface area contributed by atoms with Crippen LogP contribution in [0.1, 0.15) is 10.6 Å². The first-order valence-electron chi connectivity index (χ1n) is 6.00. The molecule has 0 bridgehead atoms. The number of ether oxygens (including phenoxy) is 1. The molecule has 0 aliphatic rings. The van der Waals surface area contributed by atoms with E-state index in [2.05, 4.69) is 26.0 Å². The fourth-order valence-electron chi connectivity index (χ4n) is 1.57. The minimum Gasteiger partial charge on any atom is -0.464 e. The third-order valence-corrected chi connectivity index (χ3v) is 3.10. The molecule has 0 unspecified atom stereocenters. The van der Waals surface area contributed by atoms with Crippen LogP contribution in [0.3, 0.4) is 0 Å². The first-order valence-corrected chi connectivity index (χ1v) is 6.80. The lowest BCUT2D eigenvalue weighted by atomic mass is 10.2. The molecule has 5 nitrogen and oxygen atoms in total. The number of nitrogens with one attached hydrogen (secondary N) is 1. The number of methoxy groups -OCH3 is 1. The van der Waals surface area contributed by atoms with Crippen LogP contribution in [0.5, 0.6) is 0 Å². The van der Waals surface area contributed by atoms with Crippen molar-refractivity contribution in [1.82, 2.24) is 0 Å². The number of carbonyl (C=O) groups excluding carboxylic acids is 2. The van der Waals surface area contributed by atoms with Crippen LogP contribution >= 0.6 is 15.9 Å². The number of allylic oxidation sites excluding steroid dienone is 1. The zero-order chi connectivity index (χ0) is 15.2. The summed E-state index contributed by atoms with van der Waals surface area (Å²) in [4.78, 5) is 23.7. The third kappa shape index (κ3) is 4.06. The number of anilines is 1. The lowest BCUT2D eigenvalue weighted by molar-refractivity contribution is -0.135. The van der Waals surface area contributed by atoms with Crippen molar-refractivity contribution in [2.24, 2.45) is 0 Å². The number of benzene rings is 1. The van der Waals surface area contributed by atoms with E-state index in [0.29, 0.717) is 5.69 Å². The van der Waals surface area contributed by atoms with Crippen LogP contribution in [-0.4, -0.2) is 18.9 Å². The van der Waals surface area contributed by atoms with Crippen LogP contribution in [-0.2, 0) is 9.53 Å². The van der Waals surface area contributed by atoms with Gasteiger partial charge < -0.3 is 14.5 Å². The number of furan rings is 1. The van der Waals surface area contributed by atoms with Crippen LogP contribution in [0.4, 0.5) is 5.69 Å². The van der Waals surface area contributed by atoms with Gasteiger partial charge in [-0.2, -0.15) is 0 Å². The van der Waals surface area contributed by atoms with E-state index in [1.807, 2.05) is 12.1 Å². The number of carbonyl (C=O) groups is 2. The predicted molar refractivity (Wildman–Crippen MR) is 80.9 cm³/mol. The van der Waals surface area contributed by atoms with Gasteiger partial charge in [-0.15, -0.1) is 0 Å². The molecule has 6 heteroatoms. The fraction of sp³-hybridized carbons (Fsp3) is 0.0667. The van der Waals surface area contributed by atoms with Gasteiger partial charge in [0.15, 0.2) is 5.76 Å². The van der Waals surface area contributed by atoms with Gasteiger partial charge in [-0.1, -0.05) is 15.9 Å². The maximum atomic E-state index is 12.0. The monoisotopic (exact) mass is 349 g/mol. The highest BCUT2D eigenvalue weighted by Crippen LogP contribution is 2.16. The second-order valence-corrected chi connectivity index (χ2v) is 4.94. The van der Waals surface area contributed by atoms with Crippen molar-refractivity contribution in [3.63, 3.8) is 0 Å². The minimum atomic E-state index is -0.641. The van der Waals surface area contributed by atoms with E-state index >= 15 is 0 Å². The number of hydrogen-bond donors (Lipinski definition) is 1. The number of rotatable bonds is 5. The molecule has 2 rings (SSSR count). The Bertz CT molecular complexity index is 659. The van der Waals surface area contributed by atoms with Crippen molar-refractivity contribution < 1.29 is 18.7 Å². The summed E-state index contributed by atoms with van der Waals surface area (Å²) in [5.74, 6) is -0.920. The standard InChI is InChI=1S/C15H12BrNO4/c1-20-15(19)12(9-13(18)14-3-2-8-21-14)17-11-6-4-10(16)5-7-11/h2-9,17H,1H3. The number of halogens is 1. The summed E-state index contributed by atoms with van der Waals surface area (Å²) in [7, 11) is 1.25. The van der Waals surface area contributed by atoms with Crippen molar-refractivity contribution in [1.29, 1.82) is 0 Å². The first-order chi connectivity index (χ1) is 10.1. The van der Waals surface area contributed by atoms with Crippen molar-refractivity contribution in [2.75, 3.05) is 12.4 Å². The Kier molecular flexibility index (Phi) is 4.94. The van der Waals surface area contributed by atoms with Gasteiger partial charge in [-0.3, -0.25) is 4.79 Å². The molecule has 1 heterocycles. The maximum Gasteiger partial charge on any atom is 0.354 e.